The van der Waals surface area contributed by atoms with Gasteiger partial charge in [0.1, 0.15) is 0 Å². The average molecular weight is 350 g/mol. The lowest BCUT2D eigenvalue weighted by atomic mass is 9.83. The molecule has 1 aromatic carbocycles. The normalized spacial score (nSPS) is 18.6. The molecule has 0 saturated carbocycles. The zero-order valence-corrected chi connectivity index (χ0v) is 13.8. The molecule has 21 heavy (non-hydrogen) atoms. The van der Waals surface area contributed by atoms with Crippen LogP contribution in [0.4, 0.5) is 0 Å². The van der Waals surface area contributed by atoms with Crippen molar-refractivity contribution in [1.82, 2.24) is 0 Å². The summed E-state index contributed by atoms with van der Waals surface area (Å²) in [5.41, 5.74) is 11.3. The minimum absolute atomic E-state index is 0.0915. The van der Waals surface area contributed by atoms with Crippen LogP contribution in [-0.2, 0) is 4.74 Å². The van der Waals surface area contributed by atoms with Crippen LogP contribution in [0.2, 0.25) is 0 Å². The second-order valence-electron chi connectivity index (χ2n) is 5.40. The molecule has 112 valence electrons. The molecule has 1 aliphatic rings. The van der Waals surface area contributed by atoms with Gasteiger partial charge in [0, 0.05) is 22.6 Å². The number of ether oxygens (including phenoxy) is 1. The van der Waals surface area contributed by atoms with Crippen molar-refractivity contribution in [2.45, 2.75) is 31.7 Å². The predicted octanol–water partition coefficient (Wildman–Crippen LogP) is 5.52. The molecule has 1 saturated heterocycles. The summed E-state index contributed by atoms with van der Waals surface area (Å²) in [6.45, 7) is 7.46. The van der Waals surface area contributed by atoms with E-state index in [-0.39, 0.29) is 12.0 Å². The Morgan fingerprint density at radius 1 is 1.48 bits per heavy atom. The summed E-state index contributed by atoms with van der Waals surface area (Å²) in [5.74, 6) is 0.559. The number of hydrogen-bond donors (Lipinski definition) is 0. The van der Waals surface area contributed by atoms with Crippen LogP contribution in [-0.4, -0.2) is 13.2 Å². The largest absolute Gasteiger partial charge is 0.381 e. The van der Waals surface area contributed by atoms with E-state index < -0.39 is 0 Å². The maximum Gasteiger partial charge on any atom is 0.0688 e. The molecule has 2 atom stereocenters. The van der Waals surface area contributed by atoms with Crippen molar-refractivity contribution in [3.8, 4) is 0 Å². The van der Waals surface area contributed by atoms with Crippen LogP contribution in [0.25, 0.3) is 10.4 Å². The molecule has 0 aromatic heterocycles. The molecule has 4 nitrogen and oxygen atoms in total. The molecule has 2 unspecified atom stereocenters. The predicted molar refractivity (Wildman–Crippen MR) is 88.2 cm³/mol. The summed E-state index contributed by atoms with van der Waals surface area (Å²) < 4.78 is 6.46. The Bertz CT molecular complexity index is 548. The third-order valence-corrected chi connectivity index (χ3v) is 4.57. The number of benzene rings is 1. The van der Waals surface area contributed by atoms with Gasteiger partial charge >= 0.3 is 0 Å². The highest BCUT2D eigenvalue weighted by Gasteiger charge is 2.24. The Balaban J connectivity index is 2.45. The first kappa shape index (κ1) is 16.1. The fourth-order valence-corrected chi connectivity index (χ4v) is 3.20. The summed E-state index contributed by atoms with van der Waals surface area (Å²) in [6, 6.07) is 6.05. The van der Waals surface area contributed by atoms with Crippen LogP contribution >= 0.6 is 15.9 Å². The van der Waals surface area contributed by atoms with Gasteiger partial charge in [-0.1, -0.05) is 40.1 Å². The minimum atomic E-state index is -0.220. The van der Waals surface area contributed by atoms with E-state index >= 15 is 0 Å². The molecule has 0 radical (unpaired) electrons. The van der Waals surface area contributed by atoms with Gasteiger partial charge in [0.05, 0.1) is 6.04 Å². The first-order valence-corrected chi connectivity index (χ1v) is 8.00. The van der Waals surface area contributed by atoms with Crippen LogP contribution in [0.3, 0.4) is 0 Å². The molecular formula is C16H20BrN3O. The molecule has 0 amide bonds. The van der Waals surface area contributed by atoms with Crippen molar-refractivity contribution in [3.63, 3.8) is 0 Å². The Kier molecular flexibility index (Phi) is 5.85. The van der Waals surface area contributed by atoms with Gasteiger partial charge in [0.2, 0.25) is 0 Å². The zero-order chi connectivity index (χ0) is 15.2. The molecule has 1 aromatic rings. The highest BCUT2D eigenvalue weighted by molar-refractivity contribution is 9.10. The number of hydrogen-bond acceptors (Lipinski definition) is 2. The number of nitrogens with zero attached hydrogens (tertiary/aromatic N) is 3. The van der Waals surface area contributed by atoms with Crippen LogP contribution in [0.5, 0.6) is 0 Å². The molecule has 2 rings (SSSR count). The van der Waals surface area contributed by atoms with Gasteiger partial charge in [-0.25, -0.2) is 0 Å². The van der Waals surface area contributed by atoms with Gasteiger partial charge in [0.15, 0.2) is 0 Å². The summed E-state index contributed by atoms with van der Waals surface area (Å²) in [5, 5.41) is 4.02. The third-order valence-electron chi connectivity index (χ3n) is 4.07. The Labute approximate surface area is 134 Å². The van der Waals surface area contributed by atoms with E-state index in [2.05, 4.69) is 50.7 Å². The van der Waals surface area contributed by atoms with E-state index in [4.69, 9.17) is 10.3 Å². The first-order valence-electron chi connectivity index (χ1n) is 7.21. The maximum absolute atomic E-state index is 8.91. The Hall–Kier alpha value is -1.29. The van der Waals surface area contributed by atoms with E-state index in [1.807, 2.05) is 13.0 Å². The molecule has 0 aliphatic carbocycles. The molecular weight excluding hydrogens is 330 g/mol. The molecule has 0 bridgehead atoms. The van der Waals surface area contributed by atoms with E-state index in [1.165, 1.54) is 5.56 Å². The van der Waals surface area contributed by atoms with Crippen molar-refractivity contribution in [3.05, 3.63) is 56.9 Å². The van der Waals surface area contributed by atoms with Gasteiger partial charge in [-0.05, 0) is 53.5 Å². The molecule has 0 N–H and O–H groups in total. The van der Waals surface area contributed by atoms with Gasteiger partial charge in [-0.2, -0.15) is 0 Å². The van der Waals surface area contributed by atoms with Crippen molar-refractivity contribution >= 4 is 15.9 Å². The standard InChI is InChI=1S/C16H20BrN3O/c1-3-11(2)16(19-20-18)15-10-13(17)4-5-14(15)12-6-8-21-9-7-12/h3-5,10-12,16H,1,6-9H2,2H3. The summed E-state index contributed by atoms with van der Waals surface area (Å²) in [4.78, 5) is 3.03. The van der Waals surface area contributed by atoms with Gasteiger partial charge < -0.3 is 4.74 Å². The van der Waals surface area contributed by atoms with Crippen LogP contribution < -0.4 is 0 Å². The lowest BCUT2D eigenvalue weighted by Gasteiger charge is -2.28. The van der Waals surface area contributed by atoms with E-state index in [9.17, 15) is 0 Å². The highest BCUT2D eigenvalue weighted by Crippen LogP contribution is 2.38. The molecule has 1 heterocycles. The number of halogens is 1. The maximum atomic E-state index is 8.91. The average Bonchev–Trinajstić information content (AvgIpc) is 2.52. The second-order valence-corrected chi connectivity index (χ2v) is 6.32. The van der Waals surface area contributed by atoms with Crippen molar-refractivity contribution in [1.29, 1.82) is 0 Å². The molecule has 0 spiro atoms. The van der Waals surface area contributed by atoms with E-state index in [1.54, 1.807) is 0 Å². The Morgan fingerprint density at radius 2 is 2.19 bits per heavy atom. The topological polar surface area (TPSA) is 58.0 Å². The zero-order valence-electron chi connectivity index (χ0n) is 12.2. The lowest BCUT2D eigenvalue weighted by molar-refractivity contribution is 0.0850. The van der Waals surface area contributed by atoms with Crippen molar-refractivity contribution in [2.24, 2.45) is 11.0 Å². The summed E-state index contributed by atoms with van der Waals surface area (Å²) in [6.07, 6.45) is 3.87. The minimum Gasteiger partial charge on any atom is -0.381 e. The molecule has 5 heteroatoms. The fourth-order valence-electron chi connectivity index (χ4n) is 2.82. The first-order chi connectivity index (χ1) is 10.2. The number of azide groups is 1. The van der Waals surface area contributed by atoms with Gasteiger partial charge in [-0.3, -0.25) is 0 Å². The van der Waals surface area contributed by atoms with Crippen LogP contribution in [0, 0.1) is 5.92 Å². The van der Waals surface area contributed by atoms with Gasteiger partial charge in [0.25, 0.3) is 0 Å². The van der Waals surface area contributed by atoms with Crippen LogP contribution in [0.15, 0.2) is 40.4 Å². The van der Waals surface area contributed by atoms with Crippen molar-refractivity contribution < 1.29 is 4.74 Å². The monoisotopic (exact) mass is 349 g/mol. The van der Waals surface area contributed by atoms with Gasteiger partial charge in [-0.15, -0.1) is 6.58 Å². The smallest absolute Gasteiger partial charge is 0.0688 e. The van der Waals surface area contributed by atoms with Crippen molar-refractivity contribution in [2.75, 3.05) is 13.2 Å². The van der Waals surface area contributed by atoms with E-state index in [0.29, 0.717) is 5.92 Å². The van der Waals surface area contributed by atoms with E-state index in [0.717, 1.165) is 36.1 Å². The third kappa shape index (κ3) is 3.88. The molecule has 1 fully saturated rings. The Morgan fingerprint density at radius 3 is 2.81 bits per heavy atom. The molecule has 1 aliphatic heterocycles. The highest BCUT2D eigenvalue weighted by atomic mass is 79.9. The second kappa shape index (κ2) is 7.64. The number of rotatable bonds is 5. The summed E-state index contributed by atoms with van der Waals surface area (Å²) in [7, 11) is 0. The lowest BCUT2D eigenvalue weighted by Crippen LogP contribution is -2.17. The fraction of sp³-hybridized carbons (Fsp3) is 0.500. The summed E-state index contributed by atoms with van der Waals surface area (Å²) >= 11 is 3.53. The SMILES string of the molecule is C=CC(C)C(N=[N+]=[N-])c1cc(Br)ccc1C1CCOCC1. The quantitative estimate of drug-likeness (QED) is 0.299. The van der Waals surface area contributed by atoms with Crippen LogP contribution in [0.1, 0.15) is 42.9 Å².